The van der Waals surface area contributed by atoms with Crippen LogP contribution in [0.15, 0.2) is 30.4 Å². The van der Waals surface area contributed by atoms with E-state index in [9.17, 15) is 9.59 Å². The predicted molar refractivity (Wildman–Crippen MR) is 115 cm³/mol. The number of hydrogen-bond donors (Lipinski definition) is 0. The number of ether oxygens (including phenoxy) is 4. The largest absolute Gasteiger partial charge is 0.493 e. The number of hydrogen-bond acceptors (Lipinski definition) is 6. The maximum absolute atomic E-state index is 12.4. The molecule has 0 fully saturated rings. The highest BCUT2D eigenvalue weighted by Crippen LogP contribution is 2.41. The summed E-state index contributed by atoms with van der Waals surface area (Å²) >= 11 is 0. The first-order chi connectivity index (χ1) is 14.2. The molecule has 0 atom stereocenters. The van der Waals surface area contributed by atoms with Gasteiger partial charge in [0.05, 0.1) is 26.9 Å². The summed E-state index contributed by atoms with van der Waals surface area (Å²) < 4.78 is 22.9. The summed E-state index contributed by atoms with van der Waals surface area (Å²) in [5.41, 5.74) is 0.0703. The molecule has 2 amide bonds. The van der Waals surface area contributed by atoms with Crippen LogP contribution in [0.1, 0.15) is 39.7 Å². The molecular weight excluding hydrogens is 386 g/mol. The Bertz CT molecular complexity index is 800. The van der Waals surface area contributed by atoms with Crippen LogP contribution in [0.2, 0.25) is 0 Å². The molecular formula is C23H31NO6. The summed E-state index contributed by atoms with van der Waals surface area (Å²) in [4.78, 5) is 25.4. The van der Waals surface area contributed by atoms with Crippen molar-refractivity contribution in [2.75, 3.05) is 27.4 Å². The Hall–Kier alpha value is -2.80. The molecule has 1 heterocycles. The van der Waals surface area contributed by atoms with E-state index in [0.29, 0.717) is 42.4 Å². The van der Waals surface area contributed by atoms with Gasteiger partial charge in [-0.25, -0.2) is 0 Å². The highest BCUT2D eigenvalue weighted by atomic mass is 16.6. The van der Waals surface area contributed by atoms with Gasteiger partial charge in [0, 0.05) is 12.6 Å². The van der Waals surface area contributed by atoms with Crippen LogP contribution < -0.4 is 14.2 Å². The van der Waals surface area contributed by atoms with Crippen LogP contribution in [0.5, 0.6) is 17.2 Å². The van der Waals surface area contributed by atoms with Crippen molar-refractivity contribution in [2.24, 2.45) is 0 Å². The number of imide groups is 1. The van der Waals surface area contributed by atoms with E-state index in [1.807, 2.05) is 27.7 Å². The zero-order valence-corrected chi connectivity index (χ0v) is 18.6. The molecule has 7 nitrogen and oxygen atoms in total. The highest BCUT2D eigenvalue weighted by molar-refractivity contribution is 6.06. The van der Waals surface area contributed by atoms with Crippen molar-refractivity contribution in [2.45, 2.75) is 45.8 Å². The van der Waals surface area contributed by atoms with Gasteiger partial charge in [-0.15, -0.1) is 0 Å². The first kappa shape index (κ1) is 23.5. The van der Waals surface area contributed by atoms with Gasteiger partial charge in [-0.3, -0.25) is 14.5 Å². The average molecular weight is 418 g/mol. The molecule has 0 saturated carbocycles. The van der Waals surface area contributed by atoms with Crippen LogP contribution in [-0.4, -0.2) is 55.8 Å². The van der Waals surface area contributed by atoms with E-state index >= 15 is 0 Å². The maximum Gasteiger partial charge on any atom is 0.253 e. The molecule has 0 spiro atoms. The van der Waals surface area contributed by atoms with E-state index < -0.39 is 5.60 Å². The lowest BCUT2D eigenvalue weighted by molar-refractivity contribution is -0.139. The third-order valence-corrected chi connectivity index (χ3v) is 4.36. The Labute approximate surface area is 178 Å². The van der Waals surface area contributed by atoms with Crippen LogP contribution >= 0.6 is 0 Å². The second kappa shape index (κ2) is 10.3. The number of rotatable bonds is 9. The topological polar surface area (TPSA) is 74.3 Å². The number of nitrogens with zero attached hydrogens (tertiary/aromatic N) is 1. The van der Waals surface area contributed by atoms with Crippen molar-refractivity contribution < 1.29 is 28.5 Å². The SMILES string of the molecule is COc1cc(/C=C/C(=O)N2CCC=CC2=O)cc(OC)c1OC(C)(C)COC(C)C. The van der Waals surface area contributed by atoms with E-state index in [0.717, 1.165) is 0 Å². The van der Waals surface area contributed by atoms with Crippen LogP contribution in [0.4, 0.5) is 0 Å². The second-order valence-corrected chi connectivity index (χ2v) is 7.83. The van der Waals surface area contributed by atoms with E-state index in [1.54, 1.807) is 24.3 Å². The summed E-state index contributed by atoms with van der Waals surface area (Å²) in [6.45, 7) is 8.55. The van der Waals surface area contributed by atoms with Crippen LogP contribution in [-0.2, 0) is 14.3 Å². The van der Waals surface area contributed by atoms with Crippen molar-refractivity contribution in [3.8, 4) is 17.2 Å². The number of methoxy groups -OCH3 is 2. The Balaban J connectivity index is 2.24. The molecule has 1 aliphatic heterocycles. The minimum atomic E-state index is -0.611. The van der Waals surface area contributed by atoms with Crippen LogP contribution in [0, 0.1) is 0 Å². The molecule has 0 N–H and O–H groups in total. The van der Waals surface area contributed by atoms with Crippen molar-refractivity contribution in [1.29, 1.82) is 0 Å². The van der Waals surface area contributed by atoms with Gasteiger partial charge in [0.25, 0.3) is 11.8 Å². The van der Waals surface area contributed by atoms with E-state index in [1.165, 1.54) is 31.3 Å². The van der Waals surface area contributed by atoms with E-state index in [4.69, 9.17) is 18.9 Å². The summed E-state index contributed by atoms with van der Waals surface area (Å²) in [5.74, 6) is 0.722. The Morgan fingerprint density at radius 2 is 1.83 bits per heavy atom. The first-order valence-corrected chi connectivity index (χ1v) is 9.93. The first-order valence-electron chi connectivity index (χ1n) is 9.93. The second-order valence-electron chi connectivity index (χ2n) is 7.83. The molecule has 7 heteroatoms. The molecule has 0 unspecified atom stereocenters. The fourth-order valence-corrected chi connectivity index (χ4v) is 2.83. The van der Waals surface area contributed by atoms with Crippen molar-refractivity contribution >= 4 is 17.9 Å². The average Bonchev–Trinajstić information content (AvgIpc) is 2.71. The third kappa shape index (κ3) is 6.35. The summed E-state index contributed by atoms with van der Waals surface area (Å²) in [7, 11) is 3.08. The summed E-state index contributed by atoms with van der Waals surface area (Å²) in [6, 6.07) is 3.50. The molecule has 0 radical (unpaired) electrons. The van der Waals surface area contributed by atoms with E-state index in [2.05, 4.69) is 0 Å². The number of benzene rings is 1. The van der Waals surface area contributed by atoms with Crippen LogP contribution in [0.25, 0.3) is 6.08 Å². The van der Waals surface area contributed by atoms with Gasteiger partial charge >= 0.3 is 0 Å². The molecule has 0 bridgehead atoms. The zero-order valence-electron chi connectivity index (χ0n) is 18.6. The van der Waals surface area contributed by atoms with Gasteiger partial charge in [0.1, 0.15) is 5.60 Å². The standard InChI is InChI=1S/C23H31NO6/c1-16(2)29-15-23(3,4)30-22-18(27-5)13-17(14-19(22)28-6)10-11-21(26)24-12-8-7-9-20(24)25/h7,9-11,13-14,16H,8,12,15H2,1-6H3/b11-10+. The van der Waals surface area contributed by atoms with Gasteiger partial charge in [0.2, 0.25) is 5.75 Å². The molecule has 164 valence electrons. The quantitative estimate of drug-likeness (QED) is 0.572. The lowest BCUT2D eigenvalue weighted by Gasteiger charge is -2.29. The zero-order chi connectivity index (χ0) is 22.3. The van der Waals surface area contributed by atoms with E-state index in [-0.39, 0.29) is 17.9 Å². The lowest BCUT2D eigenvalue weighted by Crippen LogP contribution is -2.37. The maximum atomic E-state index is 12.4. The molecule has 1 aliphatic rings. The number of carbonyl (C=O) groups excluding carboxylic acids is 2. The lowest BCUT2D eigenvalue weighted by atomic mass is 10.1. The monoisotopic (exact) mass is 417 g/mol. The van der Waals surface area contributed by atoms with Gasteiger partial charge in [-0.1, -0.05) is 6.08 Å². The fraction of sp³-hybridized carbons (Fsp3) is 0.478. The molecule has 1 aromatic carbocycles. The minimum absolute atomic E-state index is 0.0870. The molecule has 0 aromatic heterocycles. The minimum Gasteiger partial charge on any atom is -0.493 e. The number of carbonyl (C=O) groups is 2. The van der Waals surface area contributed by atoms with Gasteiger partial charge < -0.3 is 18.9 Å². The van der Waals surface area contributed by atoms with Crippen LogP contribution in [0.3, 0.4) is 0 Å². The van der Waals surface area contributed by atoms with Crippen molar-refractivity contribution in [1.82, 2.24) is 4.90 Å². The molecule has 0 aliphatic carbocycles. The van der Waals surface area contributed by atoms with Crippen molar-refractivity contribution in [3.05, 3.63) is 35.9 Å². The predicted octanol–water partition coefficient (Wildman–Crippen LogP) is 3.61. The molecule has 0 saturated heterocycles. The Morgan fingerprint density at radius 3 is 2.37 bits per heavy atom. The Morgan fingerprint density at radius 1 is 1.20 bits per heavy atom. The molecule has 30 heavy (non-hydrogen) atoms. The fourth-order valence-electron chi connectivity index (χ4n) is 2.83. The van der Waals surface area contributed by atoms with Crippen molar-refractivity contribution in [3.63, 3.8) is 0 Å². The summed E-state index contributed by atoms with van der Waals surface area (Å²) in [5, 5.41) is 0. The van der Waals surface area contributed by atoms with Gasteiger partial charge in [-0.05, 0) is 64.0 Å². The normalized spacial score (nSPS) is 14.5. The third-order valence-electron chi connectivity index (χ3n) is 4.36. The molecule has 1 aromatic rings. The van der Waals surface area contributed by atoms with Gasteiger partial charge in [0.15, 0.2) is 11.5 Å². The molecule has 2 rings (SSSR count). The highest BCUT2D eigenvalue weighted by Gasteiger charge is 2.26. The van der Waals surface area contributed by atoms with Gasteiger partial charge in [-0.2, -0.15) is 0 Å². The Kier molecular flexibility index (Phi) is 8.06. The summed E-state index contributed by atoms with van der Waals surface area (Å²) in [6.07, 6.45) is 6.91. The number of amides is 2. The smallest absolute Gasteiger partial charge is 0.253 e.